The number of amides is 1. The molecule has 0 aromatic heterocycles. The molecule has 0 saturated carbocycles. The zero-order valence-electron chi connectivity index (χ0n) is 13.7. The molecule has 0 bridgehead atoms. The van der Waals surface area contributed by atoms with Crippen LogP contribution in [0.15, 0.2) is 24.3 Å². The summed E-state index contributed by atoms with van der Waals surface area (Å²) >= 11 is 0. The highest BCUT2D eigenvalue weighted by Gasteiger charge is 2.34. The fraction of sp³-hybridized carbons (Fsp3) is 0.556. The summed E-state index contributed by atoms with van der Waals surface area (Å²) in [6.45, 7) is 2.93. The number of piperidine rings is 1. The van der Waals surface area contributed by atoms with Crippen molar-refractivity contribution in [3.63, 3.8) is 0 Å². The summed E-state index contributed by atoms with van der Waals surface area (Å²) in [7, 11) is 0. The van der Waals surface area contributed by atoms with Crippen LogP contribution < -0.4 is 0 Å². The minimum absolute atomic E-state index is 0.0219. The highest BCUT2D eigenvalue weighted by Crippen LogP contribution is 2.29. The number of nitrogens with zero attached hydrogens (tertiary/aromatic N) is 2. The molecule has 2 aliphatic heterocycles. The lowest BCUT2D eigenvalue weighted by Gasteiger charge is -2.36. The first-order valence-corrected chi connectivity index (χ1v) is 8.61. The van der Waals surface area contributed by atoms with Crippen LogP contribution in [0.25, 0.3) is 0 Å². The van der Waals surface area contributed by atoms with Gasteiger partial charge in [-0.05, 0) is 43.4 Å². The van der Waals surface area contributed by atoms with Crippen molar-refractivity contribution in [2.24, 2.45) is 5.92 Å². The normalized spacial score (nSPS) is 20.9. The first kappa shape index (κ1) is 16.8. The van der Waals surface area contributed by atoms with E-state index >= 15 is 0 Å². The van der Waals surface area contributed by atoms with Crippen molar-refractivity contribution in [1.29, 1.82) is 0 Å². The van der Waals surface area contributed by atoms with Crippen molar-refractivity contribution in [3.8, 4) is 5.75 Å². The molecule has 130 valence electrons. The number of likely N-dealkylation sites (tertiary alicyclic amines) is 2. The van der Waals surface area contributed by atoms with E-state index < -0.39 is 12.0 Å². The van der Waals surface area contributed by atoms with E-state index in [2.05, 4.69) is 0 Å². The fourth-order valence-electron chi connectivity index (χ4n) is 3.77. The summed E-state index contributed by atoms with van der Waals surface area (Å²) in [5.74, 6) is -0.514. The smallest absolute Gasteiger partial charge is 0.325 e. The number of aromatic hydroxyl groups is 1. The minimum atomic E-state index is -0.898. The average Bonchev–Trinajstić information content (AvgIpc) is 3.11. The zero-order chi connectivity index (χ0) is 17.1. The predicted octanol–water partition coefficient (Wildman–Crippen LogP) is 1.85. The van der Waals surface area contributed by atoms with Crippen molar-refractivity contribution in [1.82, 2.24) is 9.80 Å². The van der Waals surface area contributed by atoms with Crippen molar-refractivity contribution >= 4 is 11.9 Å². The highest BCUT2D eigenvalue weighted by molar-refractivity contribution is 5.79. The molecule has 0 unspecified atom stereocenters. The molecule has 2 fully saturated rings. The van der Waals surface area contributed by atoms with E-state index in [1.54, 1.807) is 12.1 Å². The van der Waals surface area contributed by atoms with E-state index in [0.29, 0.717) is 31.5 Å². The number of rotatable bonds is 4. The van der Waals surface area contributed by atoms with Crippen molar-refractivity contribution < 1.29 is 19.8 Å². The molecule has 1 aromatic carbocycles. The number of aliphatic carboxylic acids is 1. The van der Waals surface area contributed by atoms with Gasteiger partial charge in [-0.1, -0.05) is 12.1 Å². The van der Waals surface area contributed by atoms with Crippen LogP contribution in [-0.4, -0.2) is 58.1 Å². The van der Waals surface area contributed by atoms with Gasteiger partial charge >= 0.3 is 5.97 Å². The van der Waals surface area contributed by atoms with Crippen molar-refractivity contribution in [2.75, 3.05) is 26.2 Å². The van der Waals surface area contributed by atoms with Gasteiger partial charge in [0, 0.05) is 32.1 Å². The maximum absolute atomic E-state index is 12.5. The summed E-state index contributed by atoms with van der Waals surface area (Å²) in [5.41, 5.74) is 0.657. The number of carboxylic acids is 1. The second-order valence-corrected chi connectivity index (χ2v) is 6.67. The second kappa shape index (κ2) is 7.21. The number of phenols is 1. The molecule has 2 saturated heterocycles. The van der Waals surface area contributed by atoms with Crippen LogP contribution in [0.3, 0.4) is 0 Å². The molecule has 1 atom stereocenters. The molecule has 2 heterocycles. The fourth-order valence-corrected chi connectivity index (χ4v) is 3.77. The molecule has 1 amide bonds. The number of benzene rings is 1. The van der Waals surface area contributed by atoms with Gasteiger partial charge in [0.1, 0.15) is 11.8 Å². The summed E-state index contributed by atoms with van der Waals surface area (Å²) in [4.78, 5) is 28.1. The molecule has 2 N–H and O–H groups in total. The number of carbonyl (C=O) groups is 2. The molecule has 0 aliphatic carbocycles. The minimum Gasteiger partial charge on any atom is -0.508 e. The Labute approximate surface area is 141 Å². The summed E-state index contributed by atoms with van der Waals surface area (Å²) < 4.78 is 0. The maximum Gasteiger partial charge on any atom is 0.325 e. The van der Waals surface area contributed by atoms with E-state index in [1.807, 2.05) is 9.80 Å². The third-order valence-corrected chi connectivity index (χ3v) is 5.10. The summed E-state index contributed by atoms with van der Waals surface area (Å²) in [6.07, 6.45) is 3.59. The number of hydrogen-bond donors (Lipinski definition) is 2. The molecule has 1 aromatic rings. The van der Waals surface area contributed by atoms with Crippen LogP contribution in [0, 0.1) is 5.92 Å². The molecule has 24 heavy (non-hydrogen) atoms. The Morgan fingerprint density at radius 2 is 1.58 bits per heavy atom. The number of carboxylic acid groups (broad SMARTS) is 1. The van der Waals surface area contributed by atoms with E-state index in [4.69, 9.17) is 0 Å². The average molecular weight is 332 g/mol. The van der Waals surface area contributed by atoms with Gasteiger partial charge in [-0.2, -0.15) is 0 Å². The molecule has 6 nitrogen and oxygen atoms in total. The van der Waals surface area contributed by atoms with Gasteiger partial charge in [-0.25, -0.2) is 0 Å². The van der Waals surface area contributed by atoms with Gasteiger partial charge in [-0.3, -0.25) is 14.5 Å². The SMILES string of the molecule is O=C(O)[C@@H](c1ccc(O)cc1)N1CCC(C(=O)N2CCCC2)CC1. The van der Waals surface area contributed by atoms with Crippen LogP contribution in [-0.2, 0) is 9.59 Å². The van der Waals surface area contributed by atoms with Crippen molar-refractivity contribution in [3.05, 3.63) is 29.8 Å². The van der Waals surface area contributed by atoms with E-state index in [9.17, 15) is 19.8 Å². The summed E-state index contributed by atoms with van der Waals surface area (Å²) in [6, 6.07) is 5.59. The lowest BCUT2D eigenvalue weighted by molar-refractivity contribution is -0.144. The molecule has 3 rings (SSSR count). The third-order valence-electron chi connectivity index (χ3n) is 5.10. The topological polar surface area (TPSA) is 81.1 Å². The van der Waals surface area contributed by atoms with Crippen LogP contribution in [0.1, 0.15) is 37.3 Å². The molecular weight excluding hydrogens is 308 g/mol. The van der Waals surface area contributed by atoms with Gasteiger partial charge in [-0.15, -0.1) is 0 Å². The van der Waals surface area contributed by atoms with Crippen LogP contribution in [0.2, 0.25) is 0 Å². The van der Waals surface area contributed by atoms with Crippen LogP contribution in [0.4, 0.5) is 0 Å². The number of hydrogen-bond acceptors (Lipinski definition) is 4. The Balaban J connectivity index is 1.64. The Bertz CT molecular complexity index is 588. The van der Waals surface area contributed by atoms with Gasteiger partial charge in [0.25, 0.3) is 0 Å². The van der Waals surface area contributed by atoms with Crippen molar-refractivity contribution in [2.45, 2.75) is 31.7 Å². The number of phenolic OH excluding ortho intramolecular Hbond substituents is 1. The third kappa shape index (κ3) is 3.53. The lowest BCUT2D eigenvalue weighted by atomic mass is 9.93. The lowest BCUT2D eigenvalue weighted by Crippen LogP contribution is -2.44. The van der Waals surface area contributed by atoms with E-state index in [0.717, 1.165) is 25.9 Å². The Morgan fingerprint density at radius 1 is 1.00 bits per heavy atom. The maximum atomic E-state index is 12.5. The van der Waals surface area contributed by atoms with Gasteiger partial charge in [0.15, 0.2) is 0 Å². The quantitative estimate of drug-likeness (QED) is 0.879. The largest absolute Gasteiger partial charge is 0.508 e. The molecule has 0 spiro atoms. The molecule has 2 aliphatic rings. The van der Waals surface area contributed by atoms with Gasteiger partial charge < -0.3 is 15.1 Å². The van der Waals surface area contributed by atoms with Gasteiger partial charge in [0.2, 0.25) is 5.91 Å². The second-order valence-electron chi connectivity index (χ2n) is 6.67. The van der Waals surface area contributed by atoms with E-state index in [1.165, 1.54) is 12.1 Å². The zero-order valence-corrected chi connectivity index (χ0v) is 13.7. The van der Waals surface area contributed by atoms with Crippen LogP contribution >= 0.6 is 0 Å². The molecular formula is C18H24N2O4. The molecule has 0 radical (unpaired) electrons. The van der Waals surface area contributed by atoms with E-state index in [-0.39, 0.29) is 17.6 Å². The standard InChI is InChI=1S/C18H24N2O4/c21-15-5-3-13(4-6-15)16(18(23)24)19-11-7-14(8-12-19)17(22)20-9-1-2-10-20/h3-6,14,16,21H,1-2,7-12H2,(H,23,24)/t16-/m1/s1. The summed E-state index contributed by atoms with van der Waals surface area (Å²) in [5, 5.41) is 19.0. The first-order valence-electron chi connectivity index (χ1n) is 8.61. The monoisotopic (exact) mass is 332 g/mol. The molecule has 6 heteroatoms. The first-order chi connectivity index (χ1) is 11.6. The Kier molecular flexibility index (Phi) is 5.04. The van der Waals surface area contributed by atoms with Gasteiger partial charge in [0.05, 0.1) is 0 Å². The highest BCUT2D eigenvalue weighted by atomic mass is 16.4. The predicted molar refractivity (Wildman–Crippen MR) is 88.6 cm³/mol. The Morgan fingerprint density at radius 3 is 2.12 bits per heavy atom. The van der Waals surface area contributed by atoms with Crippen LogP contribution in [0.5, 0.6) is 5.75 Å². The Hall–Kier alpha value is -2.08. The number of carbonyl (C=O) groups excluding carboxylic acids is 1.